The first-order chi connectivity index (χ1) is 12.0. The molecule has 1 aromatic heterocycles. The van der Waals surface area contributed by atoms with E-state index in [1.807, 2.05) is 43.3 Å². The van der Waals surface area contributed by atoms with Gasteiger partial charge in [-0.2, -0.15) is 0 Å². The van der Waals surface area contributed by atoms with E-state index in [-0.39, 0.29) is 24.9 Å². The molecule has 3 rings (SSSR count). The highest BCUT2D eigenvalue weighted by molar-refractivity contribution is 9.10. The van der Waals surface area contributed by atoms with Crippen LogP contribution in [0.1, 0.15) is 5.56 Å². The van der Waals surface area contributed by atoms with E-state index in [2.05, 4.69) is 36.9 Å². The first-order valence-electron chi connectivity index (χ1n) is 7.64. The fourth-order valence-electron chi connectivity index (χ4n) is 2.37. The van der Waals surface area contributed by atoms with Gasteiger partial charge in [-0.1, -0.05) is 33.3 Å². The summed E-state index contributed by atoms with van der Waals surface area (Å²) in [5.41, 5.74) is 3.14. The van der Waals surface area contributed by atoms with Gasteiger partial charge < -0.3 is 10.6 Å². The number of hydrogen-bond donors (Lipinski definition) is 2. The summed E-state index contributed by atoms with van der Waals surface area (Å²) in [6, 6.07) is 12.9. The number of amides is 2. The fraction of sp³-hybridized carbons (Fsp3) is 0.176. The average Bonchev–Trinajstić information content (AvgIpc) is 2.99. The molecule has 0 bridgehead atoms. The van der Waals surface area contributed by atoms with Crippen molar-refractivity contribution in [3.8, 4) is 0 Å². The SMILES string of the molecule is Cc1cc(Br)ccc1NC(=O)CNC(=O)Cn1nnc2ccccc21. The van der Waals surface area contributed by atoms with E-state index in [1.165, 1.54) is 4.68 Å². The Labute approximate surface area is 152 Å². The summed E-state index contributed by atoms with van der Waals surface area (Å²) in [4.78, 5) is 24.0. The van der Waals surface area contributed by atoms with E-state index in [1.54, 1.807) is 6.07 Å². The summed E-state index contributed by atoms with van der Waals surface area (Å²) >= 11 is 3.37. The van der Waals surface area contributed by atoms with E-state index >= 15 is 0 Å². The summed E-state index contributed by atoms with van der Waals surface area (Å²) in [5.74, 6) is -0.597. The Morgan fingerprint density at radius 3 is 2.76 bits per heavy atom. The third kappa shape index (κ3) is 4.21. The lowest BCUT2D eigenvalue weighted by atomic mass is 10.2. The first kappa shape index (κ1) is 17.1. The molecule has 25 heavy (non-hydrogen) atoms. The van der Waals surface area contributed by atoms with Gasteiger partial charge in [0.25, 0.3) is 0 Å². The number of benzene rings is 2. The zero-order valence-corrected chi connectivity index (χ0v) is 15.1. The average molecular weight is 402 g/mol. The number of carbonyl (C=O) groups is 2. The largest absolute Gasteiger partial charge is 0.345 e. The maximum Gasteiger partial charge on any atom is 0.243 e. The van der Waals surface area contributed by atoms with E-state index in [9.17, 15) is 9.59 Å². The molecular weight excluding hydrogens is 386 g/mol. The fourth-order valence-corrected chi connectivity index (χ4v) is 2.84. The predicted molar refractivity (Wildman–Crippen MR) is 98.0 cm³/mol. The van der Waals surface area contributed by atoms with E-state index in [4.69, 9.17) is 0 Å². The van der Waals surface area contributed by atoms with Gasteiger partial charge in [0.15, 0.2) is 0 Å². The van der Waals surface area contributed by atoms with Crippen LogP contribution in [-0.2, 0) is 16.1 Å². The minimum atomic E-state index is -0.307. The van der Waals surface area contributed by atoms with Gasteiger partial charge in [0, 0.05) is 10.2 Å². The highest BCUT2D eigenvalue weighted by Gasteiger charge is 2.10. The van der Waals surface area contributed by atoms with E-state index in [0.717, 1.165) is 21.1 Å². The standard InChI is InChI=1S/C17H16BrN5O2/c1-11-8-12(18)6-7-13(11)20-16(24)9-19-17(25)10-23-15-5-3-2-4-14(15)21-22-23/h2-8H,9-10H2,1H3,(H,19,25)(H,20,24). The Bertz CT molecular complexity index is 938. The molecule has 0 unspecified atom stereocenters. The number of para-hydroxylation sites is 1. The second kappa shape index (κ2) is 7.43. The number of aromatic nitrogens is 3. The molecule has 2 N–H and O–H groups in total. The number of rotatable bonds is 5. The lowest BCUT2D eigenvalue weighted by Crippen LogP contribution is -2.35. The van der Waals surface area contributed by atoms with Crippen molar-refractivity contribution in [3.63, 3.8) is 0 Å². The monoisotopic (exact) mass is 401 g/mol. The predicted octanol–water partition coefficient (Wildman–Crippen LogP) is 2.26. The van der Waals surface area contributed by atoms with Crippen molar-refractivity contribution >= 4 is 44.5 Å². The van der Waals surface area contributed by atoms with Crippen LogP contribution in [0.3, 0.4) is 0 Å². The van der Waals surface area contributed by atoms with E-state index < -0.39 is 0 Å². The van der Waals surface area contributed by atoms with E-state index in [0.29, 0.717) is 5.69 Å². The molecule has 0 spiro atoms. The molecule has 0 aliphatic heterocycles. The van der Waals surface area contributed by atoms with Crippen molar-refractivity contribution < 1.29 is 9.59 Å². The molecule has 0 atom stereocenters. The van der Waals surface area contributed by atoms with Crippen LogP contribution < -0.4 is 10.6 Å². The number of fused-ring (bicyclic) bond motifs is 1. The Balaban J connectivity index is 1.54. The van der Waals surface area contributed by atoms with Crippen LogP contribution in [0.15, 0.2) is 46.9 Å². The number of carbonyl (C=O) groups excluding carboxylic acids is 2. The van der Waals surface area contributed by atoms with Crippen LogP contribution in [0, 0.1) is 6.92 Å². The topological polar surface area (TPSA) is 88.9 Å². The molecule has 0 saturated heterocycles. The number of aryl methyl sites for hydroxylation is 1. The molecule has 8 heteroatoms. The normalized spacial score (nSPS) is 10.6. The molecule has 128 valence electrons. The minimum Gasteiger partial charge on any atom is -0.345 e. The Kier molecular flexibility index (Phi) is 5.08. The van der Waals surface area contributed by atoms with Crippen LogP contribution >= 0.6 is 15.9 Å². The summed E-state index contributed by atoms with van der Waals surface area (Å²) in [7, 11) is 0. The molecule has 2 aromatic carbocycles. The maximum atomic E-state index is 12.0. The highest BCUT2D eigenvalue weighted by Crippen LogP contribution is 2.19. The van der Waals surface area contributed by atoms with Crippen molar-refractivity contribution in [3.05, 3.63) is 52.5 Å². The van der Waals surface area contributed by atoms with Crippen molar-refractivity contribution in [1.29, 1.82) is 0 Å². The van der Waals surface area contributed by atoms with Crippen molar-refractivity contribution in [2.45, 2.75) is 13.5 Å². The van der Waals surface area contributed by atoms with Gasteiger partial charge in [-0.05, 0) is 42.8 Å². The quantitative estimate of drug-likeness (QED) is 0.685. The van der Waals surface area contributed by atoms with Crippen LogP contribution in [0.2, 0.25) is 0 Å². The molecule has 0 radical (unpaired) electrons. The number of hydrogen-bond acceptors (Lipinski definition) is 4. The lowest BCUT2D eigenvalue weighted by molar-refractivity contribution is -0.124. The number of halogens is 1. The molecule has 0 saturated carbocycles. The smallest absolute Gasteiger partial charge is 0.243 e. The molecule has 1 heterocycles. The summed E-state index contributed by atoms with van der Waals surface area (Å²) in [6.45, 7) is 1.79. The van der Waals surface area contributed by atoms with Crippen LogP contribution in [0.25, 0.3) is 11.0 Å². The van der Waals surface area contributed by atoms with Gasteiger partial charge in [0.05, 0.1) is 12.1 Å². The summed E-state index contributed by atoms with van der Waals surface area (Å²) in [5, 5.41) is 13.3. The van der Waals surface area contributed by atoms with Crippen molar-refractivity contribution in [2.75, 3.05) is 11.9 Å². The number of nitrogens with zero attached hydrogens (tertiary/aromatic N) is 3. The molecule has 7 nitrogen and oxygen atoms in total. The highest BCUT2D eigenvalue weighted by atomic mass is 79.9. The van der Waals surface area contributed by atoms with Gasteiger partial charge in [0.2, 0.25) is 11.8 Å². The maximum absolute atomic E-state index is 12.0. The molecular formula is C17H16BrN5O2. The minimum absolute atomic E-state index is 0.00506. The zero-order chi connectivity index (χ0) is 17.8. The van der Waals surface area contributed by atoms with Crippen molar-refractivity contribution in [1.82, 2.24) is 20.3 Å². The first-order valence-corrected chi connectivity index (χ1v) is 8.43. The molecule has 0 aliphatic rings. The summed E-state index contributed by atoms with van der Waals surface area (Å²) < 4.78 is 2.44. The van der Waals surface area contributed by atoms with Crippen LogP contribution in [0.5, 0.6) is 0 Å². The molecule has 0 aliphatic carbocycles. The number of nitrogens with one attached hydrogen (secondary N) is 2. The van der Waals surface area contributed by atoms with Gasteiger partial charge >= 0.3 is 0 Å². The zero-order valence-electron chi connectivity index (χ0n) is 13.5. The molecule has 2 amide bonds. The molecule has 0 fully saturated rings. The number of anilines is 1. The van der Waals surface area contributed by atoms with Gasteiger partial charge in [-0.3, -0.25) is 9.59 Å². The Hall–Kier alpha value is -2.74. The molecule has 3 aromatic rings. The third-order valence-corrected chi connectivity index (χ3v) is 4.12. The third-order valence-electron chi connectivity index (χ3n) is 3.62. The van der Waals surface area contributed by atoms with Crippen LogP contribution in [0.4, 0.5) is 5.69 Å². The Morgan fingerprint density at radius 2 is 1.96 bits per heavy atom. The second-order valence-electron chi connectivity index (χ2n) is 5.52. The second-order valence-corrected chi connectivity index (χ2v) is 6.44. The van der Waals surface area contributed by atoms with Gasteiger partial charge in [-0.15, -0.1) is 5.10 Å². The van der Waals surface area contributed by atoms with Gasteiger partial charge in [0.1, 0.15) is 12.1 Å². The summed E-state index contributed by atoms with van der Waals surface area (Å²) in [6.07, 6.45) is 0. The lowest BCUT2D eigenvalue weighted by Gasteiger charge is -2.09. The van der Waals surface area contributed by atoms with Crippen LogP contribution in [-0.4, -0.2) is 33.4 Å². The Morgan fingerprint density at radius 1 is 1.16 bits per heavy atom. The van der Waals surface area contributed by atoms with Gasteiger partial charge in [-0.25, -0.2) is 4.68 Å². The van der Waals surface area contributed by atoms with Crippen molar-refractivity contribution in [2.24, 2.45) is 0 Å².